The van der Waals surface area contributed by atoms with E-state index in [4.69, 9.17) is 11.6 Å². The normalized spacial score (nSPS) is 21.1. The maximum Gasteiger partial charge on any atom is 0.255 e. The van der Waals surface area contributed by atoms with Crippen LogP contribution < -0.4 is 10.2 Å². The number of nitrogens with zero attached hydrogens (tertiary/aromatic N) is 1. The average Bonchev–Trinajstić information content (AvgIpc) is 2.95. The van der Waals surface area contributed by atoms with Gasteiger partial charge in [0.25, 0.3) is 5.91 Å². The third-order valence-corrected chi connectivity index (χ3v) is 6.14. The predicted octanol–water partition coefficient (Wildman–Crippen LogP) is 4.75. The van der Waals surface area contributed by atoms with E-state index in [1.807, 2.05) is 19.9 Å². The van der Waals surface area contributed by atoms with E-state index in [9.17, 15) is 14.4 Å². The fourth-order valence-corrected chi connectivity index (χ4v) is 4.17. The third-order valence-electron chi connectivity index (χ3n) is 5.73. The molecule has 5 nitrogen and oxygen atoms in total. The zero-order valence-electron chi connectivity index (χ0n) is 16.2. The summed E-state index contributed by atoms with van der Waals surface area (Å²) in [5.74, 6) is -1.15. The van der Waals surface area contributed by atoms with Crippen molar-refractivity contribution in [3.05, 3.63) is 70.3 Å². The Morgan fingerprint density at radius 2 is 1.72 bits per heavy atom. The molecule has 2 aromatic rings. The van der Waals surface area contributed by atoms with Crippen LogP contribution in [0.15, 0.2) is 54.1 Å². The number of hydrogen-bond donors (Lipinski definition) is 1. The van der Waals surface area contributed by atoms with Crippen LogP contribution in [0, 0.1) is 18.8 Å². The van der Waals surface area contributed by atoms with Crippen LogP contribution in [0.1, 0.15) is 35.7 Å². The van der Waals surface area contributed by atoms with Crippen molar-refractivity contribution in [2.45, 2.75) is 26.7 Å². The van der Waals surface area contributed by atoms with Gasteiger partial charge in [0, 0.05) is 16.3 Å². The molecule has 148 valence electrons. The van der Waals surface area contributed by atoms with Gasteiger partial charge in [0.1, 0.15) is 0 Å². The molecule has 6 heteroatoms. The van der Waals surface area contributed by atoms with Crippen LogP contribution in [0.25, 0.3) is 0 Å². The first kappa shape index (κ1) is 19.4. The number of anilines is 2. The predicted molar refractivity (Wildman–Crippen MR) is 113 cm³/mol. The molecule has 2 atom stereocenters. The standard InChI is InChI=1S/C23H21ClN2O3/c1-13-6-11-17-18(12-13)23(29)26(22(17)28)16-9-7-15(8-10-16)21(27)25-20-5-3-4-19(24)14(20)2/h3-10,17-18H,11-12H2,1-2H3,(H,25,27)/t17-,18-/m0/s1. The van der Waals surface area contributed by atoms with Crippen molar-refractivity contribution in [2.75, 3.05) is 10.2 Å². The number of rotatable bonds is 3. The minimum absolute atomic E-state index is 0.154. The molecule has 0 unspecified atom stereocenters. The monoisotopic (exact) mass is 408 g/mol. The fourth-order valence-electron chi connectivity index (χ4n) is 3.99. The molecule has 0 saturated carbocycles. The number of amides is 3. The van der Waals surface area contributed by atoms with Gasteiger partial charge in [0.05, 0.1) is 17.5 Å². The van der Waals surface area contributed by atoms with Crippen molar-refractivity contribution >= 4 is 40.7 Å². The molecule has 4 rings (SSSR count). The molecule has 0 bridgehead atoms. The van der Waals surface area contributed by atoms with Crippen LogP contribution >= 0.6 is 11.6 Å². The van der Waals surface area contributed by atoms with E-state index in [0.29, 0.717) is 34.8 Å². The van der Waals surface area contributed by atoms with E-state index in [1.165, 1.54) is 4.90 Å². The molecule has 3 amide bonds. The quantitative estimate of drug-likeness (QED) is 0.588. The zero-order valence-corrected chi connectivity index (χ0v) is 17.0. The second-order valence-corrected chi connectivity index (χ2v) is 8.04. The summed E-state index contributed by atoms with van der Waals surface area (Å²) < 4.78 is 0. The zero-order chi connectivity index (χ0) is 20.7. The Morgan fingerprint density at radius 1 is 1.03 bits per heavy atom. The molecule has 0 aromatic heterocycles. The topological polar surface area (TPSA) is 66.5 Å². The van der Waals surface area contributed by atoms with Gasteiger partial charge in [-0.05, 0) is 68.7 Å². The second kappa shape index (κ2) is 7.48. The van der Waals surface area contributed by atoms with Gasteiger partial charge in [-0.3, -0.25) is 19.3 Å². The number of fused-ring (bicyclic) bond motifs is 1. The summed E-state index contributed by atoms with van der Waals surface area (Å²) in [6.45, 7) is 3.83. The number of halogens is 1. The summed E-state index contributed by atoms with van der Waals surface area (Å²) in [5.41, 5.74) is 3.52. The van der Waals surface area contributed by atoms with E-state index in [2.05, 4.69) is 5.32 Å². The first-order valence-electron chi connectivity index (χ1n) is 9.57. The molecule has 1 heterocycles. The van der Waals surface area contributed by atoms with Gasteiger partial charge >= 0.3 is 0 Å². The van der Waals surface area contributed by atoms with Crippen molar-refractivity contribution in [3.63, 3.8) is 0 Å². The highest BCUT2D eigenvalue weighted by atomic mass is 35.5. The molecule has 0 radical (unpaired) electrons. The minimum atomic E-state index is -0.283. The minimum Gasteiger partial charge on any atom is -0.322 e. The van der Waals surface area contributed by atoms with Crippen molar-refractivity contribution in [3.8, 4) is 0 Å². The summed E-state index contributed by atoms with van der Waals surface area (Å²) in [5, 5.41) is 3.42. The van der Waals surface area contributed by atoms with Crippen molar-refractivity contribution in [1.29, 1.82) is 0 Å². The average molecular weight is 409 g/mol. The van der Waals surface area contributed by atoms with Gasteiger partial charge in [-0.25, -0.2) is 0 Å². The summed E-state index contributed by atoms with van der Waals surface area (Å²) >= 11 is 6.10. The highest BCUT2D eigenvalue weighted by Gasteiger charge is 2.48. The van der Waals surface area contributed by atoms with Gasteiger partial charge in [-0.1, -0.05) is 29.3 Å². The number of benzene rings is 2. The first-order chi connectivity index (χ1) is 13.9. The second-order valence-electron chi connectivity index (χ2n) is 7.63. The Labute approximate surface area is 174 Å². The summed E-state index contributed by atoms with van der Waals surface area (Å²) in [4.78, 5) is 39.4. The number of imide groups is 1. The number of hydrogen-bond acceptors (Lipinski definition) is 3. The number of allylic oxidation sites excluding steroid dienone is 2. The maximum absolute atomic E-state index is 12.8. The van der Waals surface area contributed by atoms with Crippen LogP contribution in [0.4, 0.5) is 11.4 Å². The van der Waals surface area contributed by atoms with Crippen molar-refractivity contribution in [2.24, 2.45) is 11.8 Å². The van der Waals surface area contributed by atoms with Gasteiger partial charge in [-0.15, -0.1) is 0 Å². The van der Waals surface area contributed by atoms with E-state index < -0.39 is 0 Å². The highest BCUT2D eigenvalue weighted by molar-refractivity contribution is 6.31. The van der Waals surface area contributed by atoms with Gasteiger partial charge < -0.3 is 5.32 Å². The summed E-state index contributed by atoms with van der Waals surface area (Å²) in [6, 6.07) is 11.9. The molecule has 2 aliphatic rings. The number of carbonyl (C=O) groups excluding carboxylic acids is 3. The molecule has 29 heavy (non-hydrogen) atoms. The lowest BCUT2D eigenvalue weighted by molar-refractivity contribution is -0.122. The van der Waals surface area contributed by atoms with E-state index in [0.717, 1.165) is 11.1 Å². The van der Waals surface area contributed by atoms with Gasteiger partial charge in [0.15, 0.2) is 0 Å². The lowest BCUT2D eigenvalue weighted by Crippen LogP contribution is -2.30. The molecule has 1 aliphatic heterocycles. The lowest BCUT2D eigenvalue weighted by atomic mass is 9.82. The van der Waals surface area contributed by atoms with Crippen LogP contribution in [-0.4, -0.2) is 17.7 Å². The summed E-state index contributed by atoms with van der Waals surface area (Å²) in [7, 11) is 0. The van der Waals surface area contributed by atoms with Crippen LogP contribution in [0.3, 0.4) is 0 Å². The molecule has 0 spiro atoms. The molecule has 1 fully saturated rings. The maximum atomic E-state index is 12.8. The molecule has 1 N–H and O–H groups in total. The van der Waals surface area contributed by atoms with E-state index >= 15 is 0 Å². The third kappa shape index (κ3) is 3.47. The molecule has 1 aliphatic carbocycles. The first-order valence-corrected chi connectivity index (χ1v) is 9.94. The summed E-state index contributed by atoms with van der Waals surface area (Å²) in [6.07, 6.45) is 3.28. The van der Waals surface area contributed by atoms with E-state index in [-0.39, 0.29) is 29.6 Å². The SMILES string of the molecule is CC1=CC[C@@H]2C(=O)N(c3ccc(C(=O)Nc4cccc(Cl)c4C)cc3)C(=O)[C@H]2C1. The van der Waals surface area contributed by atoms with Crippen LogP contribution in [0.2, 0.25) is 5.02 Å². The molecular formula is C23H21ClN2O3. The Morgan fingerprint density at radius 3 is 2.45 bits per heavy atom. The van der Waals surface area contributed by atoms with Gasteiger partial charge in [0.2, 0.25) is 11.8 Å². The van der Waals surface area contributed by atoms with Crippen molar-refractivity contribution in [1.82, 2.24) is 0 Å². The Bertz CT molecular complexity index is 1040. The number of carbonyl (C=O) groups is 3. The molecule has 2 aromatic carbocycles. The molecule has 1 saturated heterocycles. The Kier molecular flexibility index (Phi) is 5.01. The Hall–Kier alpha value is -2.92. The van der Waals surface area contributed by atoms with Gasteiger partial charge in [-0.2, -0.15) is 0 Å². The Balaban J connectivity index is 1.52. The van der Waals surface area contributed by atoms with Crippen molar-refractivity contribution < 1.29 is 14.4 Å². The van der Waals surface area contributed by atoms with Crippen LogP contribution in [0.5, 0.6) is 0 Å². The molecular weight excluding hydrogens is 388 g/mol. The number of nitrogens with one attached hydrogen (secondary N) is 1. The van der Waals surface area contributed by atoms with Crippen LogP contribution in [-0.2, 0) is 9.59 Å². The fraction of sp³-hybridized carbons (Fsp3) is 0.261. The lowest BCUT2D eigenvalue weighted by Gasteiger charge is -2.18. The smallest absolute Gasteiger partial charge is 0.255 e. The van der Waals surface area contributed by atoms with E-state index in [1.54, 1.807) is 42.5 Å². The largest absolute Gasteiger partial charge is 0.322 e. The highest BCUT2D eigenvalue weighted by Crippen LogP contribution is 2.39.